The quantitative estimate of drug-likeness (QED) is 0.687. The van der Waals surface area contributed by atoms with Crippen molar-refractivity contribution in [1.82, 2.24) is 4.90 Å². The van der Waals surface area contributed by atoms with E-state index in [0.717, 1.165) is 25.8 Å². The maximum atomic E-state index is 11.2. The third kappa shape index (κ3) is 4.26. The van der Waals surface area contributed by atoms with Crippen molar-refractivity contribution in [3.8, 4) is 0 Å². The zero-order chi connectivity index (χ0) is 13.6. The fourth-order valence-electron chi connectivity index (χ4n) is 1.94. The molecule has 0 aliphatic rings. The summed E-state index contributed by atoms with van der Waals surface area (Å²) in [4.78, 5) is 13.6. The van der Waals surface area contributed by atoms with Crippen LogP contribution >= 0.6 is 0 Å². The number of carbonyl (C=O) groups excluding carboxylic acids is 1. The molecule has 0 aromatic heterocycles. The van der Waals surface area contributed by atoms with Gasteiger partial charge in [0.05, 0.1) is 0 Å². The minimum Gasteiger partial charge on any atom is -0.303 e. The predicted molar refractivity (Wildman–Crippen MR) is 76.5 cm³/mol. The lowest BCUT2D eigenvalue weighted by molar-refractivity contribution is -0.117. The Bertz CT molecular complexity index is 361. The van der Waals surface area contributed by atoms with Crippen LogP contribution < -0.4 is 0 Å². The third-order valence-electron chi connectivity index (χ3n) is 3.62. The van der Waals surface area contributed by atoms with E-state index in [4.69, 9.17) is 0 Å². The summed E-state index contributed by atoms with van der Waals surface area (Å²) in [5.41, 5.74) is 1.06. The predicted octanol–water partition coefficient (Wildman–Crippen LogP) is 3.51. The molecule has 0 N–H and O–H groups in total. The number of carbonyl (C=O) groups is 1. The van der Waals surface area contributed by atoms with Gasteiger partial charge in [-0.1, -0.05) is 44.2 Å². The molecule has 0 saturated carbocycles. The Balaban J connectivity index is 2.75. The Morgan fingerprint density at radius 2 is 1.89 bits per heavy atom. The molecule has 2 nitrogen and oxygen atoms in total. The van der Waals surface area contributed by atoms with Gasteiger partial charge in [-0.2, -0.15) is 0 Å². The molecule has 0 radical (unpaired) electrons. The highest BCUT2D eigenvalue weighted by Gasteiger charge is 2.25. The van der Waals surface area contributed by atoms with Crippen LogP contribution in [0.15, 0.2) is 30.3 Å². The Morgan fingerprint density at radius 1 is 1.28 bits per heavy atom. The van der Waals surface area contributed by atoms with Gasteiger partial charge >= 0.3 is 0 Å². The molecule has 0 amide bonds. The molecule has 1 rings (SSSR count). The minimum atomic E-state index is -0.237. The summed E-state index contributed by atoms with van der Waals surface area (Å²) in [5, 5.41) is 0. The van der Waals surface area contributed by atoms with E-state index in [1.165, 1.54) is 5.56 Å². The number of aldehydes is 1. The SMILES string of the molecule is CCC(C)(C=O)CN(Cc1ccccc1)C(C)C. The second-order valence-electron chi connectivity index (χ2n) is 5.61. The van der Waals surface area contributed by atoms with Gasteiger partial charge in [-0.25, -0.2) is 0 Å². The molecule has 1 aromatic rings. The van der Waals surface area contributed by atoms with Crippen LogP contribution in [0.2, 0.25) is 0 Å². The van der Waals surface area contributed by atoms with Gasteiger partial charge in [0.1, 0.15) is 6.29 Å². The largest absolute Gasteiger partial charge is 0.303 e. The van der Waals surface area contributed by atoms with E-state index in [2.05, 4.69) is 49.9 Å². The zero-order valence-electron chi connectivity index (χ0n) is 12.0. The molecule has 100 valence electrons. The van der Waals surface area contributed by atoms with Crippen molar-refractivity contribution >= 4 is 6.29 Å². The zero-order valence-corrected chi connectivity index (χ0v) is 12.0. The van der Waals surface area contributed by atoms with Crippen LogP contribution in [0, 0.1) is 5.41 Å². The molecule has 1 atom stereocenters. The van der Waals surface area contributed by atoms with Gasteiger partial charge in [0.15, 0.2) is 0 Å². The minimum absolute atomic E-state index is 0.237. The Hall–Kier alpha value is -1.15. The highest BCUT2D eigenvalue weighted by molar-refractivity contribution is 5.58. The fraction of sp³-hybridized carbons (Fsp3) is 0.562. The molecule has 0 fully saturated rings. The molecule has 0 heterocycles. The van der Waals surface area contributed by atoms with Crippen LogP contribution in [-0.2, 0) is 11.3 Å². The highest BCUT2D eigenvalue weighted by Crippen LogP contribution is 2.22. The highest BCUT2D eigenvalue weighted by atomic mass is 16.1. The van der Waals surface area contributed by atoms with E-state index in [-0.39, 0.29) is 5.41 Å². The van der Waals surface area contributed by atoms with Crippen LogP contribution in [0.4, 0.5) is 0 Å². The summed E-state index contributed by atoms with van der Waals surface area (Å²) < 4.78 is 0. The number of nitrogens with zero attached hydrogens (tertiary/aromatic N) is 1. The van der Waals surface area contributed by atoms with Crippen LogP contribution in [0.3, 0.4) is 0 Å². The molecular formula is C16H25NO. The van der Waals surface area contributed by atoms with Crippen molar-refractivity contribution < 1.29 is 4.79 Å². The number of hydrogen-bond donors (Lipinski definition) is 0. The Labute approximate surface area is 111 Å². The standard InChI is InChI=1S/C16H25NO/c1-5-16(4,13-18)12-17(14(2)3)11-15-9-7-6-8-10-15/h6-10,13-14H,5,11-12H2,1-4H3. The number of hydrogen-bond acceptors (Lipinski definition) is 2. The molecule has 1 unspecified atom stereocenters. The van der Waals surface area contributed by atoms with E-state index in [1.807, 2.05) is 13.0 Å². The second kappa shape index (κ2) is 6.69. The molecular weight excluding hydrogens is 222 g/mol. The maximum absolute atomic E-state index is 11.2. The maximum Gasteiger partial charge on any atom is 0.127 e. The first-order valence-electron chi connectivity index (χ1n) is 6.75. The average molecular weight is 247 g/mol. The smallest absolute Gasteiger partial charge is 0.127 e. The van der Waals surface area contributed by atoms with Crippen molar-refractivity contribution in [1.29, 1.82) is 0 Å². The van der Waals surface area contributed by atoms with Gasteiger partial charge in [-0.15, -0.1) is 0 Å². The van der Waals surface area contributed by atoms with Crippen molar-refractivity contribution in [2.24, 2.45) is 5.41 Å². The molecule has 18 heavy (non-hydrogen) atoms. The first-order chi connectivity index (χ1) is 8.50. The normalized spacial score (nSPS) is 14.8. The summed E-state index contributed by atoms with van der Waals surface area (Å²) in [7, 11) is 0. The van der Waals surface area contributed by atoms with E-state index in [0.29, 0.717) is 6.04 Å². The third-order valence-corrected chi connectivity index (χ3v) is 3.62. The van der Waals surface area contributed by atoms with Gasteiger partial charge in [0.2, 0.25) is 0 Å². The lowest BCUT2D eigenvalue weighted by atomic mass is 9.88. The van der Waals surface area contributed by atoms with Crippen molar-refractivity contribution in [3.05, 3.63) is 35.9 Å². The molecule has 0 saturated heterocycles. The summed E-state index contributed by atoms with van der Waals surface area (Å²) in [6.07, 6.45) is 1.99. The molecule has 0 aliphatic carbocycles. The van der Waals surface area contributed by atoms with E-state index < -0.39 is 0 Å². The average Bonchev–Trinajstić information content (AvgIpc) is 2.39. The monoisotopic (exact) mass is 247 g/mol. The Kier molecular flexibility index (Phi) is 5.54. The second-order valence-corrected chi connectivity index (χ2v) is 5.61. The summed E-state index contributed by atoms with van der Waals surface area (Å²) in [6, 6.07) is 10.9. The molecule has 2 heteroatoms. The molecule has 0 aliphatic heterocycles. The van der Waals surface area contributed by atoms with E-state index in [1.54, 1.807) is 0 Å². The van der Waals surface area contributed by atoms with Gasteiger partial charge in [-0.05, 0) is 25.8 Å². The van der Waals surface area contributed by atoms with Crippen LogP contribution in [0.25, 0.3) is 0 Å². The Morgan fingerprint density at radius 3 is 2.33 bits per heavy atom. The van der Waals surface area contributed by atoms with Crippen LogP contribution in [-0.4, -0.2) is 23.8 Å². The topological polar surface area (TPSA) is 20.3 Å². The van der Waals surface area contributed by atoms with Gasteiger partial charge < -0.3 is 4.79 Å². The molecule has 0 spiro atoms. The van der Waals surface area contributed by atoms with Crippen molar-refractivity contribution in [2.75, 3.05) is 6.54 Å². The first-order valence-corrected chi connectivity index (χ1v) is 6.75. The van der Waals surface area contributed by atoms with Crippen LogP contribution in [0.1, 0.15) is 39.7 Å². The van der Waals surface area contributed by atoms with E-state index >= 15 is 0 Å². The van der Waals surface area contributed by atoms with Gasteiger partial charge in [0, 0.05) is 24.5 Å². The van der Waals surface area contributed by atoms with Gasteiger partial charge in [0.25, 0.3) is 0 Å². The molecule has 1 aromatic carbocycles. The van der Waals surface area contributed by atoms with Crippen molar-refractivity contribution in [3.63, 3.8) is 0 Å². The molecule has 0 bridgehead atoms. The van der Waals surface area contributed by atoms with E-state index in [9.17, 15) is 4.79 Å². The lowest BCUT2D eigenvalue weighted by Gasteiger charge is -2.33. The fourth-order valence-corrected chi connectivity index (χ4v) is 1.94. The van der Waals surface area contributed by atoms with Gasteiger partial charge in [-0.3, -0.25) is 4.90 Å². The van der Waals surface area contributed by atoms with Crippen molar-refractivity contribution in [2.45, 2.75) is 46.7 Å². The number of rotatable bonds is 7. The van der Waals surface area contributed by atoms with Crippen LogP contribution in [0.5, 0.6) is 0 Å². The number of benzene rings is 1. The first kappa shape index (κ1) is 14.9. The summed E-state index contributed by atoms with van der Waals surface area (Å²) in [6.45, 7) is 10.2. The lowest BCUT2D eigenvalue weighted by Crippen LogP contribution is -2.40. The summed E-state index contributed by atoms with van der Waals surface area (Å²) in [5.74, 6) is 0. The summed E-state index contributed by atoms with van der Waals surface area (Å²) >= 11 is 0.